The zero-order valence-electron chi connectivity index (χ0n) is 52.7. The number of sulfonamides is 3. The van der Waals surface area contributed by atoms with Crippen molar-refractivity contribution in [1.82, 2.24) is 44.4 Å². The third kappa shape index (κ3) is 18.2. The first-order chi connectivity index (χ1) is 47.5. The van der Waals surface area contributed by atoms with E-state index in [4.69, 9.17) is 23.2 Å². The van der Waals surface area contributed by atoms with Crippen LogP contribution >= 0.6 is 45.9 Å². The molecule has 1 atom stereocenters. The lowest BCUT2D eigenvalue weighted by molar-refractivity contribution is -0.134. The molecule has 0 saturated carbocycles. The van der Waals surface area contributed by atoms with Crippen molar-refractivity contribution in [3.63, 3.8) is 0 Å². The number of halogens is 4. The van der Waals surface area contributed by atoms with Crippen molar-refractivity contribution in [3.8, 4) is 0 Å². The first-order valence-corrected chi connectivity index (χ1v) is 37.6. The van der Waals surface area contributed by atoms with Gasteiger partial charge in [-0.05, 0) is 146 Å². The predicted octanol–water partition coefficient (Wildman–Crippen LogP) is 10.5. The minimum Gasteiger partial charge on any atom is -0.376 e. The number of carbonyl (C=O) groups excluding carboxylic acids is 3. The van der Waals surface area contributed by atoms with Gasteiger partial charge in [-0.25, -0.2) is 49.0 Å². The van der Waals surface area contributed by atoms with Crippen LogP contribution in [0.2, 0.25) is 10.0 Å². The van der Waals surface area contributed by atoms with Gasteiger partial charge in [0.2, 0.25) is 16.9 Å². The van der Waals surface area contributed by atoms with Crippen LogP contribution in [0.15, 0.2) is 196 Å². The molecule has 10 aromatic rings. The van der Waals surface area contributed by atoms with Crippen LogP contribution in [-0.4, -0.2) is 172 Å². The number of nitrogens with zero attached hydrogens (tertiary/aromatic N) is 12. The maximum atomic E-state index is 13.5. The Kier molecular flexibility index (Phi) is 22.5. The number of anilines is 7. The maximum Gasteiger partial charge on any atom is 0.263 e. The zero-order valence-corrected chi connectivity index (χ0v) is 58.3. The monoisotopic (exact) mass is 1490 g/mol. The number of amides is 3. The molecule has 3 aliphatic heterocycles. The standard InChI is InChI=1S/C24H24FN5O3S2.C22H23FN6O3S.C19H17Cl2N5O3S2.4H2/c1-17-15-28(20-3-5-21(6-4-20)35(32,33)27-24-26-9-13-34-24)11-12-30(17)23(31)16-29-10-8-18-14-19(25)2-7-22(18)29;23-17-2-1-3-18(14-17)25-15-22(30)29-12-10-28(11-13-29)19-4-6-20(7-5-19)33(31,32)27-21-8-9-24-16-26-21;20-13-1-6-16(17(21)11-13)18(27)26-9-7-25(8-10-26)14-2-4-15(5-3-14)31(28,29)24-19-23-22-12-30-19;;;;/h2-10,13-14,17H,11-12,15-16H2,1H3,(H,26,27);1-9,14,16,25H,10-13,15H2,(H,24,26,27);1-6,11-12H,7-10H2,(H,23,24);4*1H. The van der Waals surface area contributed by atoms with E-state index in [0.717, 1.165) is 39.3 Å². The fourth-order valence-electron chi connectivity index (χ4n) is 11.1. The van der Waals surface area contributed by atoms with E-state index in [1.54, 1.807) is 131 Å². The van der Waals surface area contributed by atoms with Crippen molar-refractivity contribution in [2.24, 2.45) is 0 Å². The highest BCUT2D eigenvalue weighted by molar-refractivity contribution is 7.93. The third-order valence-corrected chi connectivity index (χ3v) is 22.4. The first kappa shape index (κ1) is 70.7. The van der Waals surface area contributed by atoms with Gasteiger partial charge in [0.1, 0.15) is 35.8 Å². The van der Waals surface area contributed by atoms with Gasteiger partial charge >= 0.3 is 0 Å². The first-order valence-electron chi connectivity index (χ1n) is 30.6. The van der Waals surface area contributed by atoms with E-state index in [1.165, 1.54) is 59.7 Å². The molecule has 0 spiro atoms. The number of carbonyl (C=O) groups is 3. The number of piperazine rings is 3. The number of fused-ring (bicyclic) bond motifs is 1. The van der Waals surface area contributed by atoms with Crippen molar-refractivity contribution < 1.29 is 54.1 Å². The van der Waals surface area contributed by atoms with Crippen LogP contribution in [0.1, 0.15) is 23.0 Å². The van der Waals surface area contributed by atoms with E-state index in [2.05, 4.69) is 59.3 Å². The number of thiazole rings is 1. The van der Waals surface area contributed by atoms with E-state index >= 15 is 0 Å². The van der Waals surface area contributed by atoms with E-state index < -0.39 is 30.1 Å². The average Bonchev–Trinajstić information content (AvgIpc) is 1.67. The van der Waals surface area contributed by atoms with Gasteiger partial charge in [0.15, 0.2) is 5.13 Å². The topological polar surface area (TPSA) is 291 Å². The highest BCUT2D eigenvalue weighted by Crippen LogP contribution is 2.29. The Hall–Kier alpha value is -9.57. The van der Waals surface area contributed by atoms with E-state index in [0.29, 0.717) is 98.4 Å². The van der Waals surface area contributed by atoms with Crippen molar-refractivity contribution in [2.45, 2.75) is 34.2 Å². The van der Waals surface area contributed by atoms with Gasteiger partial charge in [-0.15, -0.1) is 21.5 Å². The van der Waals surface area contributed by atoms with Crippen LogP contribution in [-0.2, 0) is 46.2 Å². The molecule has 0 aliphatic carbocycles. The van der Waals surface area contributed by atoms with Crippen molar-refractivity contribution in [1.29, 1.82) is 0 Å². The summed E-state index contributed by atoms with van der Waals surface area (Å²) >= 11 is 14.4. The Morgan fingerprint density at radius 2 is 1.19 bits per heavy atom. The van der Waals surface area contributed by atoms with Gasteiger partial charge in [-0.2, -0.15) is 0 Å². The van der Waals surface area contributed by atoms with Gasteiger partial charge in [-0.3, -0.25) is 28.5 Å². The minimum absolute atomic E-state index is 0. The van der Waals surface area contributed by atoms with E-state index in [1.807, 2.05) is 28.7 Å². The van der Waals surface area contributed by atoms with Crippen LogP contribution in [0.4, 0.5) is 47.6 Å². The molecule has 4 aromatic heterocycles. The number of nitrogens with one attached hydrogen (secondary N) is 4. The Labute approximate surface area is 593 Å². The van der Waals surface area contributed by atoms with Crippen LogP contribution in [0.3, 0.4) is 0 Å². The molecule has 13 rings (SSSR count). The highest BCUT2D eigenvalue weighted by Gasteiger charge is 2.30. The predicted molar refractivity (Wildman–Crippen MR) is 388 cm³/mol. The molecular formula is C65H72Cl2F2N16O9S5. The molecular weight excluding hydrogens is 1420 g/mol. The number of hydrogen-bond acceptors (Lipinski definition) is 20. The summed E-state index contributed by atoms with van der Waals surface area (Å²) in [6, 6.07) is 38.5. The van der Waals surface area contributed by atoms with E-state index in [9.17, 15) is 48.4 Å². The van der Waals surface area contributed by atoms with Crippen LogP contribution < -0.4 is 34.2 Å². The molecule has 3 amide bonds. The van der Waals surface area contributed by atoms with Crippen LogP contribution in [0.25, 0.3) is 10.9 Å². The largest absolute Gasteiger partial charge is 0.376 e. The SMILES string of the molecule is CC1CN(c2ccc(S(=O)(=O)Nc3nccs3)cc2)CCN1C(=O)Cn1ccc2cc(F)ccc21.O=C(CNc1cccc(F)c1)N1CCN(c2ccc(S(=O)(=O)Nc3ccncn3)cc2)CC1.O=C(c1ccc(Cl)cc1Cl)N1CCN(c2ccc(S(=O)(=O)Nc3nncs3)cc2)CC1.[HH].[HH].[HH].[HH]. The number of benzene rings is 6. The normalized spacial score (nSPS) is 15.1. The van der Waals surface area contributed by atoms with E-state index in [-0.39, 0.29) is 79.8 Å². The Bertz CT molecular complexity index is 4820. The summed E-state index contributed by atoms with van der Waals surface area (Å²) in [5.41, 5.74) is 5.92. The van der Waals surface area contributed by atoms with Crippen LogP contribution in [0, 0.1) is 11.6 Å². The van der Waals surface area contributed by atoms with Crippen LogP contribution in [0.5, 0.6) is 0 Å². The lowest BCUT2D eigenvalue weighted by Crippen LogP contribution is -2.54. The minimum atomic E-state index is -3.75. The fourth-order valence-corrected chi connectivity index (χ4v) is 16.1. The third-order valence-electron chi connectivity index (χ3n) is 16.2. The molecule has 6 aromatic carbocycles. The molecule has 0 bridgehead atoms. The van der Waals surface area contributed by atoms with Crippen molar-refractivity contribution in [2.75, 3.05) is 113 Å². The van der Waals surface area contributed by atoms with Crippen molar-refractivity contribution >= 4 is 143 Å². The Morgan fingerprint density at radius 1 is 0.596 bits per heavy atom. The molecule has 7 heterocycles. The Balaban J connectivity index is 0.000000213. The average molecular weight is 1490 g/mol. The molecule has 34 heteroatoms. The number of aromatic nitrogens is 6. The molecule has 1 unspecified atom stereocenters. The summed E-state index contributed by atoms with van der Waals surface area (Å²) < 4.78 is 111. The van der Waals surface area contributed by atoms with Gasteiger partial charge in [0, 0.05) is 146 Å². The smallest absolute Gasteiger partial charge is 0.263 e. The molecule has 25 nitrogen and oxygen atoms in total. The molecule has 0 radical (unpaired) electrons. The maximum absolute atomic E-state index is 13.5. The van der Waals surface area contributed by atoms with Crippen molar-refractivity contribution in [3.05, 3.63) is 209 Å². The van der Waals surface area contributed by atoms with Gasteiger partial charge in [0.05, 0.1) is 31.8 Å². The molecule has 3 aliphatic rings. The second-order valence-electron chi connectivity index (χ2n) is 22.6. The number of hydrogen-bond donors (Lipinski definition) is 4. The second kappa shape index (κ2) is 31.5. The number of rotatable bonds is 18. The summed E-state index contributed by atoms with van der Waals surface area (Å²) in [7, 11) is -11.2. The zero-order chi connectivity index (χ0) is 69.8. The molecule has 3 saturated heterocycles. The fraction of sp³-hybridized carbons (Fsp3) is 0.231. The molecule has 99 heavy (non-hydrogen) atoms. The summed E-state index contributed by atoms with van der Waals surface area (Å²) in [5, 5.41) is 14.1. The molecule has 524 valence electrons. The summed E-state index contributed by atoms with van der Waals surface area (Å²) in [6.07, 6.45) is 6.07. The van der Waals surface area contributed by atoms with Gasteiger partial charge in [0.25, 0.3) is 36.0 Å². The summed E-state index contributed by atoms with van der Waals surface area (Å²) in [4.78, 5) is 62.0. The molecule has 4 N–H and O–H groups in total. The Morgan fingerprint density at radius 3 is 1.76 bits per heavy atom. The molecule has 3 fully saturated rings. The van der Waals surface area contributed by atoms with Gasteiger partial charge in [-0.1, -0.05) is 40.6 Å². The summed E-state index contributed by atoms with van der Waals surface area (Å²) in [5.74, 6) is -0.644. The second-order valence-corrected chi connectivity index (χ2v) is 30.3. The highest BCUT2D eigenvalue weighted by atomic mass is 35.5. The lowest BCUT2D eigenvalue weighted by Gasteiger charge is -2.41. The quantitative estimate of drug-likeness (QED) is 0.0621. The summed E-state index contributed by atoms with van der Waals surface area (Å²) in [6.45, 7) is 8.72. The van der Waals surface area contributed by atoms with Gasteiger partial charge < -0.3 is 39.3 Å². The lowest BCUT2D eigenvalue weighted by atomic mass is 10.1.